The van der Waals surface area contributed by atoms with Crippen molar-refractivity contribution in [2.45, 2.75) is 463 Å². The normalized spacial score (nSPS) is 12.4. The zero-order valence-electron chi connectivity index (χ0n) is 56.3. The number of amides is 1. The highest BCUT2D eigenvalue weighted by molar-refractivity contribution is 5.76. The van der Waals surface area contributed by atoms with Crippen LogP contribution in [0, 0.1) is 0 Å². The molecule has 6 heteroatoms. The molecule has 1 amide bonds. The van der Waals surface area contributed by atoms with Crippen molar-refractivity contribution in [3.8, 4) is 0 Å². The smallest absolute Gasteiger partial charge is 0.305 e. The predicted molar refractivity (Wildman–Crippen MR) is 361 cm³/mol. The molecule has 0 aliphatic rings. The molecule has 0 aromatic rings. The van der Waals surface area contributed by atoms with Gasteiger partial charge in [-0.2, -0.15) is 0 Å². The summed E-state index contributed by atoms with van der Waals surface area (Å²) in [6.45, 7) is 5.01. The molecule has 0 rings (SSSR count). The van der Waals surface area contributed by atoms with Crippen LogP contribution in [0.5, 0.6) is 0 Å². The number of carbonyl (C=O) groups is 2. The monoisotopic (exact) mass is 1160 g/mol. The summed E-state index contributed by atoms with van der Waals surface area (Å²) >= 11 is 0. The van der Waals surface area contributed by atoms with Crippen LogP contribution < -0.4 is 5.32 Å². The molecular weight excluding hydrogens is 1010 g/mol. The van der Waals surface area contributed by atoms with Gasteiger partial charge in [-0.1, -0.05) is 412 Å². The van der Waals surface area contributed by atoms with Crippen molar-refractivity contribution >= 4 is 11.9 Å². The minimum absolute atomic E-state index is 0.0256. The van der Waals surface area contributed by atoms with Gasteiger partial charge in [0.1, 0.15) is 0 Å². The van der Waals surface area contributed by atoms with E-state index in [9.17, 15) is 19.8 Å². The molecule has 490 valence electrons. The Morgan fingerprint density at radius 1 is 0.293 bits per heavy atom. The van der Waals surface area contributed by atoms with E-state index in [1.54, 1.807) is 0 Å². The Balaban J connectivity index is 3.29. The Morgan fingerprint density at radius 3 is 0.744 bits per heavy atom. The number of unbranched alkanes of at least 4 members (excludes halogenated alkanes) is 62. The highest BCUT2D eigenvalue weighted by atomic mass is 16.5. The van der Waals surface area contributed by atoms with E-state index in [1.807, 2.05) is 0 Å². The quantitative estimate of drug-likeness (QED) is 0.0417. The molecule has 2 unspecified atom stereocenters. The second kappa shape index (κ2) is 72.3. The molecule has 0 spiro atoms. The third-order valence-electron chi connectivity index (χ3n) is 18.4. The van der Waals surface area contributed by atoms with Gasteiger partial charge in [0.2, 0.25) is 5.91 Å². The van der Waals surface area contributed by atoms with E-state index in [-0.39, 0.29) is 18.5 Å². The number of aliphatic hydroxyl groups excluding tert-OH is 2. The Labute approximate surface area is 515 Å². The van der Waals surface area contributed by atoms with Crippen molar-refractivity contribution in [1.82, 2.24) is 5.32 Å². The molecule has 0 saturated heterocycles. The van der Waals surface area contributed by atoms with E-state index in [1.165, 1.54) is 379 Å². The summed E-state index contributed by atoms with van der Waals surface area (Å²) in [7, 11) is 0. The molecule has 0 radical (unpaired) electrons. The van der Waals surface area contributed by atoms with Gasteiger partial charge in [-0.05, 0) is 25.7 Å². The lowest BCUT2D eigenvalue weighted by atomic mass is 10.0. The first-order chi connectivity index (χ1) is 40.5. The van der Waals surface area contributed by atoms with Gasteiger partial charge in [-0.25, -0.2) is 0 Å². The lowest BCUT2D eigenvalue weighted by Crippen LogP contribution is -2.45. The fourth-order valence-electron chi connectivity index (χ4n) is 12.6. The third-order valence-corrected chi connectivity index (χ3v) is 18.4. The minimum atomic E-state index is -0.660. The van der Waals surface area contributed by atoms with Crippen LogP contribution in [0.25, 0.3) is 0 Å². The molecule has 0 fully saturated rings. The van der Waals surface area contributed by atoms with Crippen LogP contribution in [0.3, 0.4) is 0 Å². The molecule has 0 aromatic carbocycles. The van der Waals surface area contributed by atoms with Crippen molar-refractivity contribution in [3.05, 3.63) is 0 Å². The summed E-state index contributed by atoms with van der Waals surface area (Å²) < 4.78 is 5.51. The lowest BCUT2D eigenvalue weighted by molar-refractivity contribution is -0.143. The zero-order chi connectivity index (χ0) is 59.2. The lowest BCUT2D eigenvalue weighted by Gasteiger charge is -2.22. The Bertz CT molecular complexity index is 1200. The van der Waals surface area contributed by atoms with Gasteiger partial charge in [0.25, 0.3) is 0 Å². The average Bonchev–Trinajstić information content (AvgIpc) is 3.48. The molecule has 0 aromatic heterocycles. The fourth-order valence-corrected chi connectivity index (χ4v) is 12.6. The van der Waals surface area contributed by atoms with E-state index >= 15 is 0 Å². The molecule has 0 saturated carbocycles. The predicted octanol–water partition coefficient (Wildman–Crippen LogP) is 24.9. The number of nitrogens with one attached hydrogen (secondary N) is 1. The Hall–Kier alpha value is -1.14. The third kappa shape index (κ3) is 68.0. The van der Waals surface area contributed by atoms with E-state index in [2.05, 4.69) is 19.2 Å². The van der Waals surface area contributed by atoms with Gasteiger partial charge in [-0.15, -0.1) is 0 Å². The van der Waals surface area contributed by atoms with Gasteiger partial charge < -0.3 is 20.3 Å². The standard InChI is InChI=1S/C76H151NO5/c1-3-5-7-9-11-13-15-17-19-40-44-48-52-56-60-64-68-74(79)73(72-78)77-75(80)69-65-61-57-53-49-45-41-38-36-34-32-30-28-26-24-22-21-23-25-27-29-31-33-35-37-39-43-47-51-55-59-63-67-71-82-76(81)70-66-62-58-54-50-46-42-20-18-16-14-12-10-8-6-4-2/h73-74,78-79H,3-72H2,1-2H3,(H,77,80). The summed E-state index contributed by atoms with van der Waals surface area (Å²) in [6.07, 6.45) is 89.0. The first-order valence-corrected chi connectivity index (χ1v) is 38.3. The van der Waals surface area contributed by atoms with Crippen LogP contribution in [-0.4, -0.2) is 47.4 Å². The maximum atomic E-state index is 12.5. The molecule has 82 heavy (non-hydrogen) atoms. The fraction of sp³-hybridized carbons (Fsp3) is 0.974. The van der Waals surface area contributed by atoms with Crippen molar-refractivity contribution < 1.29 is 24.5 Å². The molecule has 3 N–H and O–H groups in total. The van der Waals surface area contributed by atoms with Crippen LogP contribution in [-0.2, 0) is 14.3 Å². The topological polar surface area (TPSA) is 95.9 Å². The SMILES string of the molecule is CCCCCCCCCCCCCCCCCCC(=O)OCCCCCCCCCCCCCCCCCCCCCCCCCCCCCCCCCCCC(=O)NC(CO)C(O)CCCCCCCCCCCCCCCCCC. The number of hydrogen-bond donors (Lipinski definition) is 3. The Morgan fingerprint density at radius 2 is 0.500 bits per heavy atom. The number of carbonyl (C=O) groups excluding carboxylic acids is 2. The number of ether oxygens (including phenoxy) is 1. The number of hydrogen-bond acceptors (Lipinski definition) is 5. The molecule has 6 nitrogen and oxygen atoms in total. The number of esters is 1. The highest BCUT2D eigenvalue weighted by Crippen LogP contribution is 2.20. The van der Waals surface area contributed by atoms with Crippen LogP contribution in [0.1, 0.15) is 450 Å². The molecule has 0 aliphatic heterocycles. The number of rotatable bonds is 73. The molecular formula is C76H151NO5. The second-order valence-corrected chi connectivity index (χ2v) is 26.7. The van der Waals surface area contributed by atoms with Gasteiger partial charge >= 0.3 is 5.97 Å². The van der Waals surface area contributed by atoms with Crippen LogP contribution in [0.2, 0.25) is 0 Å². The van der Waals surface area contributed by atoms with Crippen LogP contribution >= 0.6 is 0 Å². The Kier molecular flexibility index (Phi) is 71.3. The van der Waals surface area contributed by atoms with Crippen molar-refractivity contribution in [3.63, 3.8) is 0 Å². The van der Waals surface area contributed by atoms with Crippen molar-refractivity contribution in [1.29, 1.82) is 0 Å². The average molecular weight is 1160 g/mol. The summed E-state index contributed by atoms with van der Waals surface area (Å²) in [5.41, 5.74) is 0. The summed E-state index contributed by atoms with van der Waals surface area (Å²) in [6, 6.07) is -0.537. The molecule has 0 aliphatic carbocycles. The van der Waals surface area contributed by atoms with Gasteiger partial charge in [-0.3, -0.25) is 9.59 Å². The second-order valence-electron chi connectivity index (χ2n) is 26.7. The highest BCUT2D eigenvalue weighted by Gasteiger charge is 2.20. The maximum Gasteiger partial charge on any atom is 0.305 e. The largest absolute Gasteiger partial charge is 0.466 e. The molecule has 0 heterocycles. The maximum absolute atomic E-state index is 12.5. The summed E-state index contributed by atoms with van der Waals surface area (Å²) in [4.78, 5) is 24.6. The zero-order valence-corrected chi connectivity index (χ0v) is 56.3. The van der Waals surface area contributed by atoms with Crippen molar-refractivity contribution in [2.75, 3.05) is 13.2 Å². The van der Waals surface area contributed by atoms with E-state index < -0.39 is 12.1 Å². The van der Waals surface area contributed by atoms with Gasteiger partial charge in [0.15, 0.2) is 0 Å². The van der Waals surface area contributed by atoms with Gasteiger partial charge in [0.05, 0.1) is 25.4 Å². The first-order valence-electron chi connectivity index (χ1n) is 38.3. The first kappa shape index (κ1) is 80.9. The van der Waals surface area contributed by atoms with Gasteiger partial charge in [0, 0.05) is 12.8 Å². The number of aliphatic hydroxyl groups is 2. The van der Waals surface area contributed by atoms with E-state index in [0.717, 1.165) is 38.5 Å². The van der Waals surface area contributed by atoms with Crippen LogP contribution in [0.15, 0.2) is 0 Å². The van der Waals surface area contributed by atoms with Crippen LogP contribution in [0.4, 0.5) is 0 Å². The van der Waals surface area contributed by atoms with E-state index in [0.29, 0.717) is 25.9 Å². The summed E-state index contributed by atoms with van der Waals surface area (Å²) in [5, 5.41) is 23.4. The summed E-state index contributed by atoms with van der Waals surface area (Å²) in [5.74, 6) is 0.000912. The molecule has 0 bridgehead atoms. The minimum Gasteiger partial charge on any atom is -0.466 e. The van der Waals surface area contributed by atoms with E-state index in [4.69, 9.17) is 4.74 Å². The molecule has 2 atom stereocenters. The van der Waals surface area contributed by atoms with Crippen molar-refractivity contribution in [2.24, 2.45) is 0 Å².